The molecule has 2 atom stereocenters. The van der Waals surface area contributed by atoms with Gasteiger partial charge in [0.2, 0.25) is 5.95 Å². The van der Waals surface area contributed by atoms with Crippen LogP contribution < -0.4 is 15.4 Å². The van der Waals surface area contributed by atoms with Gasteiger partial charge >= 0.3 is 6.36 Å². The molecule has 0 saturated carbocycles. The molecule has 1 fully saturated rings. The number of halogens is 3. The molecule has 9 heteroatoms. The molecule has 0 aliphatic carbocycles. The third-order valence-corrected chi connectivity index (χ3v) is 4.61. The van der Waals surface area contributed by atoms with E-state index in [4.69, 9.17) is 4.74 Å². The lowest BCUT2D eigenvalue weighted by Gasteiger charge is -2.16. The lowest BCUT2D eigenvalue weighted by atomic mass is 10.1. The van der Waals surface area contributed by atoms with Gasteiger partial charge in [-0.3, -0.25) is 0 Å². The second-order valence-electron chi connectivity index (χ2n) is 7.01. The van der Waals surface area contributed by atoms with Gasteiger partial charge in [0, 0.05) is 30.8 Å². The van der Waals surface area contributed by atoms with Crippen molar-refractivity contribution in [3.05, 3.63) is 30.3 Å². The minimum absolute atomic E-state index is 0.128. The number of nitrogens with one attached hydrogen (secondary N) is 2. The second-order valence-corrected chi connectivity index (χ2v) is 7.01. The molecule has 2 N–H and O–H groups in total. The highest BCUT2D eigenvalue weighted by molar-refractivity contribution is 5.66. The molecule has 1 aromatic heterocycles. The van der Waals surface area contributed by atoms with Gasteiger partial charge in [-0.1, -0.05) is 19.1 Å². The average molecular weight is 410 g/mol. The summed E-state index contributed by atoms with van der Waals surface area (Å²) in [6, 6.07) is 7.61. The van der Waals surface area contributed by atoms with E-state index in [1.54, 1.807) is 12.1 Å². The first-order valence-electron chi connectivity index (χ1n) is 9.69. The SMILES string of the molecule is CC[C@@H](C)Nc1nc(NC[C@@H]2CCCO2)cc(-c2cccc(OC(F)(F)F)c2)n1. The van der Waals surface area contributed by atoms with Gasteiger partial charge < -0.3 is 20.1 Å². The molecule has 1 saturated heterocycles. The second kappa shape index (κ2) is 9.30. The van der Waals surface area contributed by atoms with Crippen LogP contribution in [-0.4, -0.2) is 41.6 Å². The summed E-state index contributed by atoms with van der Waals surface area (Å²) in [5, 5.41) is 6.47. The molecule has 29 heavy (non-hydrogen) atoms. The molecule has 1 aromatic carbocycles. The van der Waals surface area contributed by atoms with Crippen molar-refractivity contribution in [3.63, 3.8) is 0 Å². The quantitative estimate of drug-likeness (QED) is 0.649. The van der Waals surface area contributed by atoms with E-state index in [-0.39, 0.29) is 17.9 Å². The van der Waals surface area contributed by atoms with Gasteiger partial charge in [-0.15, -0.1) is 13.2 Å². The van der Waals surface area contributed by atoms with Crippen molar-refractivity contribution in [3.8, 4) is 17.0 Å². The monoisotopic (exact) mass is 410 g/mol. The fourth-order valence-electron chi connectivity index (χ4n) is 2.95. The minimum Gasteiger partial charge on any atom is -0.406 e. The molecule has 2 heterocycles. The van der Waals surface area contributed by atoms with Crippen LogP contribution in [0.1, 0.15) is 33.1 Å². The number of alkyl halides is 3. The van der Waals surface area contributed by atoms with Crippen LogP contribution in [0.4, 0.5) is 24.9 Å². The Morgan fingerprint density at radius 1 is 1.28 bits per heavy atom. The van der Waals surface area contributed by atoms with Crippen LogP contribution in [0.2, 0.25) is 0 Å². The number of anilines is 2. The molecule has 1 aliphatic heterocycles. The molecule has 0 spiro atoms. The van der Waals surface area contributed by atoms with Crippen LogP contribution in [0, 0.1) is 0 Å². The van der Waals surface area contributed by atoms with Crippen LogP contribution in [0.15, 0.2) is 30.3 Å². The van der Waals surface area contributed by atoms with Crippen molar-refractivity contribution < 1.29 is 22.6 Å². The Bertz CT molecular complexity index is 811. The molecule has 1 aliphatic rings. The Hall–Kier alpha value is -2.55. The number of aromatic nitrogens is 2. The first kappa shape index (κ1) is 21.2. The molecule has 158 valence electrons. The number of hydrogen-bond donors (Lipinski definition) is 2. The first-order valence-corrected chi connectivity index (χ1v) is 9.69. The Morgan fingerprint density at radius 3 is 2.79 bits per heavy atom. The van der Waals surface area contributed by atoms with Gasteiger partial charge in [0.15, 0.2) is 0 Å². The van der Waals surface area contributed by atoms with E-state index in [1.165, 1.54) is 18.2 Å². The third-order valence-electron chi connectivity index (χ3n) is 4.61. The molecule has 3 rings (SSSR count). The van der Waals surface area contributed by atoms with Crippen LogP contribution >= 0.6 is 0 Å². The van der Waals surface area contributed by atoms with E-state index in [2.05, 4.69) is 25.3 Å². The van der Waals surface area contributed by atoms with E-state index >= 15 is 0 Å². The Balaban J connectivity index is 1.86. The van der Waals surface area contributed by atoms with Crippen molar-refractivity contribution in [2.45, 2.75) is 51.6 Å². The zero-order chi connectivity index (χ0) is 20.9. The Morgan fingerprint density at radius 2 is 2.10 bits per heavy atom. The summed E-state index contributed by atoms with van der Waals surface area (Å²) in [5.74, 6) is 0.700. The number of benzene rings is 1. The van der Waals surface area contributed by atoms with E-state index < -0.39 is 6.36 Å². The number of ether oxygens (including phenoxy) is 2. The Kier molecular flexibility index (Phi) is 6.79. The van der Waals surface area contributed by atoms with Crippen molar-refractivity contribution in [2.75, 3.05) is 23.8 Å². The van der Waals surface area contributed by atoms with E-state index in [0.29, 0.717) is 29.6 Å². The fraction of sp³-hybridized carbons (Fsp3) is 0.500. The molecule has 0 amide bonds. The predicted octanol–water partition coefficient (Wildman–Crippen LogP) is 4.84. The van der Waals surface area contributed by atoms with Crippen LogP contribution in [0.5, 0.6) is 5.75 Å². The zero-order valence-corrected chi connectivity index (χ0v) is 16.4. The van der Waals surface area contributed by atoms with Gasteiger partial charge in [0.1, 0.15) is 11.6 Å². The number of nitrogens with zero attached hydrogens (tertiary/aromatic N) is 2. The summed E-state index contributed by atoms with van der Waals surface area (Å²) in [6.07, 6.45) is -1.72. The zero-order valence-electron chi connectivity index (χ0n) is 16.4. The lowest BCUT2D eigenvalue weighted by Crippen LogP contribution is -2.20. The summed E-state index contributed by atoms with van der Waals surface area (Å²) in [5.41, 5.74) is 0.995. The number of hydrogen-bond acceptors (Lipinski definition) is 6. The molecule has 0 unspecified atom stereocenters. The normalized spacial score (nSPS) is 17.8. The highest BCUT2D eigenvalue weighted by Crippen LogP contribution is 2.29. The summed E-state index contributed by atoms with van der Waals surface area (Å²) in [6.45, 7) is 5.41. The van der Waals surface area contributed by atoms with Crippen molar-refractivity contribution >= 4 is 11.8 Å². The van der Waals surface area contributed by atoms with Gasteiger partial charge in [0.05, 0.1) is 11.8 Å². The number of rotatable bonds is 8. The standard InChI is InChI=1S/C20H25F3N4O2/c1-3-13(2)25-19-26-17(11-18(27-19)24-12-16-8-5-9-28-16)14-6-4-7-15(10-14)29-20(21,22)23/h4,6-7,10-11,13,16H,3,5,8-9,12H2,1-2H3,(H2,24,25,26,27)/t13-,16+/m1/s1. The molecule has 2 aromatic rings. The first-order chi connectivity index (χ1) is 13.8. The van der Waals surface area contributed by atoms with E-state index in [1.807, 2.05) is 13.8 Å². The highest BCUT2D eigenvalue weighted by atomic mass is 19.4. The fourth-order valence-corrected chi connectivity index (χ4v) is 2.95. The van der Waals surface area contributed by atoms with Gasteiger partial charge in [0.25, 0.3) is 0 Å². The van der Waals surface area contributed by atoms with Crippen molar-refractivity contribution in [2.24, 2.45) is 0 Å². The summed E-state index contributed by atoms with van der Waals surface area (Å²) < 4.78 is 47.3. The van der Waals surface area contributed by atoms with Crippen molar-refractivity contribution in [1.82, 2.24) is 9.97 Å². The third kappa shape index (κ3) is 6.49. The summed E-state index contributed by atoms with van der Waals surface area (Å²) in [4.78, 5) is 8.97. The van der Waals surface area contributed by atoms with Gasteiger partial charge in [-0.05, 0) is 38.3 Å². The minimum atomic E-state index is -4.75. The molecular formula is C20H25F3N4O2. The average Bonchev–Trinajstić information content (AvgIpc) is 3.18. The molecule has 6 nitrogen and oxygen atoms in total. The van der Waals surface area contributed by atoms with Crippen molar-refractivity contribution in [1.29, 1.82) is 0 Å². The van der Waals surface area contributed by atoms with Crippen LogP contribution in [0.25, 0.3) is 11.3 Å². The molecule has 0 radical (unpaired) electrons. The van der Waals surface area contributed by atoms with E-state index in [0.717, 1.165) is 25.9 Å². The topological polar surface area (TPSA) is 68.3 Å². The maximum Gasteiger partial charge on any atom is 0.573 e. The summed E-state index contributed by atoms with van der Waals surface area (Å²) in [7, 11) is 0. The lowest BCUT2D eigenvalue weighted by molar-refractivity contribution is -0.274. The molecule has 0 bridgehead atoms. The van der Waals surface area contributed by atoms with Gasteiger partial charge in [-0.2, -0.15) is 4.98 Å². The largest absolute Gasteiger partial charge is 0.573 e. The summed E-state index contributed by atoms with van der Waals surface area (Å²) >= 11 is 0. The van der Waals surface area contributed by atoms with Crippen LogP contribution in [-0.2, 0) is 4.74 Å². The maximum absolute atomic E-state index is 12.6. The van der Waals surface area contributed by atoms with Crippen LogP contribution in [0.3, 0.4) is 0 Å². The van der Waals surface area contributed by atoms with E-state index in [9.17, 15) is 13.2 Å². The van der Waals surface area contributed by atoms with Gasteiger partial charge in [-0.25, -0.2) is 4.98 Å². The maximum atomic E-state index is 12.6. The molecular weight excluding hydrogens is 385 g/mol. The Labute approximate surface area is 167 Å². The smallest absolute Gasteiger partial charge is 0.406 e. The highest BCUT2D eigenvalue weighted by Gasteiger charge is 2.31. The predicted molar refractivity (Wildman–Crippen MR) is 105 cm³/mol.